The highest BCUT2D eigenvalue weighted by atomic mass is 35.5. The standard InChI is InChI=1S/C24H28ClN3O5S/c1-24(2,3)18-11-16(12-20(14-18)33-15-28-10-9-22(29)26-23(28)30)13-21(25)17-5-7-19(8-6-17)27-34(4,31)32/h5-8,11-14,27H,9-10,15H2,1-4H3,(H,26,29,30)/b21-13-. The van der Waals surface area contributed by atoms with Gasteiger partial charge in [-0.1, -0.05) is 50.6 Å². The second-order valence-corrected chi connectivity index (χ2v) is 11.3. The van der Waals surface area contributed by atoms with Gasteiger partial charge in [-0.15, -0.1) is 0 Å². The summed E-state index contributed by atoms with van der Waals surface area (Å²) in [6.07, 6.45) is 3.13. The monoisotopic (exact) mass is 505 g/mol. The van der Waals surface area contributed by atoms with Gasteiger partial charge in [0.15, 0.2) is 6.73 Å². The number of ether oxygens (including phenoxy) is 1. The fourth-order valence-corrected chi connectivity index (χ4v) is 4.05. The van der Waals surface area contributed by atoms with E-state index in [0.717, 1.165) is 22.9 Å². The van der Waals surface area contributed by atoms with Crippen LogP contribution in [0.4, 0.5) is 10.5 Å². The third-order valence-electron chi connectivity index (χ3n) is 5.08. The molecule has 0 bridgehead atoms. The minimum atomic E-state index is -3.36. The highest BCUT2D eigenvalue weighted by Gasteiger charge is 2.23. The number of carbonyl (C=O) groups excluding carboxylic acids is 2. The number of nitrogens with one attached hydrogen (secondary N) is 2. The predicted octanol–water partition coefficient (Wildman–Crippen LogP) is 4.37. The Morgan fingerprint density at radius 2 is 1.85 bits per heavy atom. The van der Waals surface area contributed by atoms with Crippen LogP contribution in [-0.4, -0.2) is 44.8 Å². The smallest absolute Gasteiger partial charge is 0.326 e. The number of hydrogen-bond acceptors (Lipinski definition) is 5. The zero-order valence-corrected chi connectivity index (χ0v) is 21.1. The molecule has 2 N–H and O–H groups in total. The van der Waals surface area contributed by atoms with Crippen LogP contribution in [0.1, 0.15) is 43.9 Å². The number of imide groups is 1. The van der Waals surface area contributed by atoms with Gasteiger partial charge in [0.1, 0.15) is 5.75 Å². The average Bonchev–Trinajstić information content (AvgIpc) is 2.71. The average molecular weight is 506 g/mol. The van der Waals surface area contributed by atoms with Gasteiger partial charge in [0, 0.05) is 23.7 Å². The summed E-state index contributed by atoms with van der Waals surface area (Å²) >= 11 is 6.57. The van der Waals surface area contributed by atoms with Crippen molar-refractivity contribution in [1.82, 2.24) is 10.2 Å². The van der Waals surface area contributed by atoms with Crippen molar-refractivity contribution >= 4 is 50.4 Å². The molecule has 0 radical (unpaired) electrons. The molecule has 0 saturated carbocycles. The fraction of sp³-hybridized carbons (Fsp3) is 0.333. The van der Waals surface area contributed by atoms with Crippen molar-refractivity contribution in [2.75, 3.05) is 24.3 Å². The number of amides is 3. The largest absolute Gasteiger partial charge is 0.473 e. The maximum Gasteiger partial charge on any atom is 0.326 e. The Hall–Kier alpha value is -3.04. The summed E-state index contributed by atoms with van der Waals surface area (Å²) in [5.74, 6) is 0.277. The minimum absolute atomic E-state index is 0.0123. The predicted molar refractivity (Wildman–Crippen MR) is 134 cm³/mol. The third-order valence-corrected chi connectivity index (χ3v) is 6.02. The summed E-state index contributed by atoms with van der Waals surface area (Å²) in [6, 6.07) is 12.0. The van der Waals surface area contributed by atoms with Gasteiger partial charge in [0.25, 0.3) is 0 Å². The topological polar surface area (TPSA) is 105 Å². The van der Waals surface area contributed by atoms with Crippen molar-refractivity contribution < 1.29 is 22.7 Å². The van der Waals surface area contributed by atoms with Crippen molar-refractivity contribution in [3.8, 4) is 5.75 Å². The lowest BCUT2D eigenvalue weighted by Crippen LogP contribution is -2.50. The van der Waals surface area contributed by atoms with E-state index in [4.69, 9.17) is 16.3 Å². The number of sulfonamides is 1. The molecule has 0 unspecified atom stereocenters. The summed E-state index contributed by atoms with van der Waals surface area (Å²) in [5, 5.41) is 2.75. The van der Waals surface area contributed by atoms with Crippen molar-refractivity contribution in [3.05, 3.63) is 59.2 Å². The first-order valence-corrected chi connectivity index (χ1v) is 12.9. The van der Waals surface area contributed by atoms with E-state index in [-0.39, 0.29) is 24.5 Å². The van der Waals surface area contributed by atoms with E-state index in [1.165, 1.54) is 4.90 Å². The number of benzene rings is 2. The molecular formula is C24H28ClN3O5S. The number of anilines is 1. The Morgan fingerprint density at radius 3 is 2.44 bits per heavy atom. The molecule has 2 aromatic carbocycles. The maximum absolute atomic E-state index is 12.0. The van der Waals surface area contributed by atoms with E-state index in [9.17, 15) is 18.0 Å². The molecule has 0 aromatic heterocycles. The zero-order valence-electron chi connectivity index (χ0n) is 19.5. The Kier molecular flexibility index (Phi) is 7.57. The SMILES string of the molecule is CC(C)(C)c1cc(/C=C(\Cl)c2ccc(NS(C)(=O)=O)cc2)cc(OCN2CCC(=O)NC2=O)c1. The van der Waals surface area contributed by atoms with Crippen LogP contribution in [0.3, 0.4) is 0 Å². The highest BCUT2D eigenvalue weighted by molar-refractivity contribution is 7.92. The van der Waals surface area contributed by atoms with E-state index in [2.05, 4.69) is 30.8 Å². The first kappa shape index (κ1) is 25.6. The summed E-state index contributed by atoms with van der Waals surface area (Å²) < 4.78 is 31.1. The van der Waals surface area contributed by atoms with Crippen molar-refractivity contribution in [2.24, 2.45) is 0 Å². The van der Waals surface area contributed by atoms with Crippen molar-refractivity contribution in [3.63, 3.8) is 0 Å². The van der Waals surface area contributed by atoms with Crippen LogP contribution in [0.2, 0.25) is 0 Å². The minimum Gasteiger partial charge on any atom is -0.473 e. The zero-order chi connectivity index (χ0) is 25.1. The number of hydrogen-bond donors (Lipinski definition) is 2. The quantitative estimate of drug-likeness (QED) is 0.543. The number of urea groups is 1. The third kappa shape index (κ3) is 7.23. The lowest BCUT2D eigenvalue weighted by molar-refractivity contribution is -0.121. The molecule has 2 aromatic rings. The van der Waals surface area contributed by atoms with Gasteiger partial charge in [0.05, 0.1) is 6.26 Å². The van der Waals surface area contributed by atoms with Crippen LogP contribution in [-0.2, 0) is 20.2 Å². The van der Waals surface area contributed by atoms with Gasteiger partial charge in [-0.05, 0) is 52.4 Å². The van der Waals surface area contributed by atoms with Crippen LogP contribution in [0.25, 0.3) is 11.1 Å². The highest BCUT2D eigenvalue weighted by Crippen LogP contribution is 2.31. The summed E-state index contributed by atoms with van der Waals surface area (Å²) in [4.78, 5) is 24.7. The molecule has 8 nitrogen and oxygen atoms in total. The molecule has 1 fully saturated rings. The molecule has 10 heteroatoms. The van der Waals surface area contributed by atoms with Crippen LogP contribution in [0.15, 0.2) is 42.5 Å². The first-order valence-electron chi connectivity index (χ1n) is 10.6. The Balaban J connectivity index is 1.83. The Bertz CT molecular complexity index is 1220. The van der Waals surface area contributed by atoms with Gasteiger partial charge >= 0.3 is 6.03 Å². The molecule has 0 atom stereocenters. The summed E-state index contributed by atoms with van der Waals surface area (Å²) in [6.45, 7) is 6.56. The molecule has 3 rings (SSSR count). The second-order valence-electron chi connectivity index (χ2n) is 9.12. The fourth-order valence-electron chi connectivity index (χ4n) is 3.24. The van der Waals surface area contributed by atoms with E-state index in [0.29, 0.717) is 23.0 Å². The molecular weight excluding hydrogens is 478 g/mol. The molecule has 0 aliphatic carbocycles. The number of carbonyl (C=O) groups is 2. The van der Waals surface area contributed by atoms with Crippen molar-refractivity contribution in [2.45, 2.75) is 32.6 Å². The molecule has 1 aliphatic heterocycles. The molecule has 3 amide bonds. The van der Waals surface area contributed by atoms with E-state index in [1.807, 2.05) is 18.2 Å². The van der Waals surface area contributed by atoms with Gasteiger partial charge in [-0.2, -0.15) is 0 Å². The molecule has 182 valence electrons. The Morgan fingerprint density at radius 1 is 1.18 bits per heavy atom. The van der Waals surface area contributed by atoms with Crippen LogP contribution < -0.4 is 14.8 Å². The number of halogens is 1. The lowest BCUT2D eigenvalue weighted by atomic mass is 9.86. The summed E-state index contributed by atoms with van der Waals surface area (Å²) in [7, 11) is -3.36. The second kappa shape index (κ2) is 10.1. The lowest BCUT2D eigenvalue weighted by Gasteiger charge is -2.27. The summed E-state index contributed by atoms with van der Waals surface area (Å²) in [5.41, 5.74) is 2.83. The number of rotatable bonds is 7. The van der Waals surface area contributed by atoms with Crippen LogP contribution in [0.5, 0.6) is 5.75 Å². The molecule has 1 heterocycles. The van der Waals surface area contributed by atoms with Crippen LogP contribution in [0, 0.1) is 0 Å². The van der Waals surface area contributed by atoms with Gasteiger partial charge in [-0.25, -0.2) is 13.2 Å². The van der Waals surface area contributed by atoms with Gasteiger partial charge in [0.2, 0.25) is 15.9 Å². The maximum atomic E-state index is 12.0. The number of nitrogens with zero attached hydrogens (tertiary/aromatic N) is 1. The normalized spacial score (nSPS) is 15.2. The molecule has 1 aliphatic rings. The van der Waals surface area contributed by atoms with E-state index < -0.39 is 16.1 Å². The first-order chi connectivity index (χ1) is 15.8. The molecule has 34 heavy (non-hydrogen) atoms. The van der Waals surface area contributed by atoms with Crippen LogP contribution >= 0.6 is 11.6 Å². The van der Waals surface area contributed by atoms with Crippen molar-refractivity contribution in [1.29, 1.82) is 0 Å². The molecule has 1 saturated heterocycles. The molecule has 0 spiro atoms. The van der Waals surface area contributed by atoms with Gasteiger partial charge < -0.3 is 4.74 Å². The van der Waals surface area contributed by atoms with Gasteiger partial charge in [-0.3, -0.25) is 19.7 Å². The Labute approximate surface area is 205 Å². The van der Waals surface area contributed by atoms with E-state index in [1.54, 1.807) is 30.3 Å². The van der Waals surface area contributed by atoms with E-state index >= 15 is 0 Å².